The van der Waals surface area contributed by atoms with E-state index in [2.05, 4.69) is 37.5 Å². The van der Waals surface area contributed by atoms with Crippen molar-refractivity contribution in [3.63, 3.8) is 0 Å². The topological polar surface area (TPSA) is 84.9 Å². The first-order valence-corrected chi connectivity index (χ1v) is 6.91. The molecule has 0 aliphatic carbocycles. The van der Waals surface area contributed by atoms with Crippen LogP contribution in [0.3, 0.4) is 0 Å². The van der Waals surface area contributed by atoms with Crippen molar-refractivity contribution < 1.29 is 4.74 Å². The van der Waals surface area contributed by atoms with Gasteiger partial charge in [0.25, 0.3) is 0 Å². The lowest BCUT2D eigenvalue weighted by Crippen LogP contribution is -2.11. The zero-order chi connectivity index (χ0) is 15.1. The van der Waals surface area contributed by atoms with Gasteiger partial charge in [0, 0.05) is 12.7 Å². The summed E-state index contributed by atoms with van der Waals surface area (Å²) in [6.45, 7) is 5.44. The van der Waals surface area contributed by atoms with Gasteiger partial charge in [-0.15, -0.1) is 0 Å². The summed E-state index contributed by atoms with van der Waals surface area (Å²) in [4.78, 5) is 17.0. The lowest BCUT2D eigenvalue weighted by Gasteiger charge is -2.09. The van der Waals surface area contributed by atoms with Gasteiger partial charge in [-0.3, -0.25) is 4.98 Å². The van der Waals surface area contributed by atoms with Gasteiger partial charge < -0.3 is 15.4 Å². The monoisotopic (exact) mass is 288 g/mol. The van der Waals surface area contributed by atoms with Crippen LogP contribution >= 0.6 is 0 Å². The highest BCUT2D eigenvalue weighted by molar-refractivity contribution is 5.36. The minimum absolute atomic E-state index is 0.281. The number of anilines is 2. The Labute approximate surface area is 124 Å². The molecule has 2 rings (SSSR count). The Morgan fingerprint density at radius 1 is 1.14 bits per heavy atom. The Morgan fingerprint density at radius 3 is 2.57 bits per heavy atom. The molecule has 112 valence electrons. The van der Waals surface area contributed by atoms with Gasteiger partial charge in [0.15, 0.2) is 0 Å². The largest absolute Gasteiger partial charge is 0.467 e. The van der Waals surface area contributed by atoms with E-state index in [9.17, 15) is 0 Å². The average molecular weight is 288 g/mol. The van der Waals surface area contributed by atoms with Crippen molar-refractivity contribution in [1.29, 1.82) is 0 Å². The van der Waals surface area contributed by atoms with Crippen molar-refractivity contribution in [2.45, 2.75) is 26.8 Å². The minimum atomic E-state index is 0.281. The molecule has 0 unspecified atom stereocenters. The zero-order valence-corrected chi connectivity index (χ0v) is 12.6. The van der Waals surface area contributed by atoms with E-state index in [1.54, 1.807) is 6.20 Å². The molecular formula is C14H20N6O. The SMILES string of the molecule is CCCNc1nc(NCc2ncccc2C)nc(OC)n1. The number of aromatic nitrogens is 4. The summed E-state index contributed by atoms with van der Waals surface area (Å²) in [6.07, 6.45) is 2.76. The molecule has 7 nitrogen and oxygen atoms in total. The summed E-state index contributed by atoms with van der Waals surface area (Å²) >= 11 is 0. The van der Waals surface area contributed by atoms with E-state index >= 15 is 0 Å². The van der Waals surface area contributed by atoms with Crippen LogP contribution in [0, 0.1) is 6.92 Å². The first-order valence-electron chi connectivity index (χ1n) is 6.91. The van der Waals surface area contributed by atoms with E-state index in [0.717, 1.165) is 24.2 Å². The van der Waals surface area contributed by atoms with Gasteiger partial charge in [0.05, 0.1) is 19.3 Å². The number of aryl methyl sites for hydroxylation is 1. The van der Waals surface area contributed by atoms with Gasteiger partial charge in [-0.05, 0) is 25.0 Å². The molecule has 0 fully saturated rings. The summed E-state index contributed by atoms with van der Waals surface area (Å²) in [5, 5.41) is 6.27. The molecule has 2 N–H and O–H groups in total. The fraction of sp³-hybridized carbons (Fsp3) is 0.429. The molecule has 0 saturated carbocycles. The van der Waals surface area contributed by atoms with E-state index in [-0.39, 0.29) is 6.01 Å². The second kappa shape index (κ2) is 7.37. The smallest absolute Gasteiger partial charge is 0.322 e. The Hall–Kier alpha value is -2.44. The van der Waals surface area contributed by atoms with Crippen molar-refractivity contribution >= 4 is 11.9 Å². The number of nitrogens with zero attached hydrogens (tertiary/aromatic N) is 4. The van der Waals surface area contributed by atoms with E-state index < -0.39 is 0 Å². The second-order valence-corrected chi connectivity index (χ2v) is 4.52. The molecule has 2 heterocycles. The van der Waals surface area contributed by atoms with Gasteiger partial charge in [-0.25, -0.2) is 0 Å². The molecule has 21 heavy (non-hydrogen) atoms. The summed E-state index contributed by atoms with van der Waals surface area (Å²) in [7, 11) is 1.53. The van der Waals surface area contributed by atoms with Crippen LogP contribution in [0.15, 0.2) is 18.3 Å². The van der Waals surface area contributed by atoms with Gasteiger partial charge in [0.2, 0.25) is 11.9 Å². The van der Waals surface area contributed by atoms with Crippen LogP contribution in [0.25, 0.3) is 0 Å². The molecule has 0 radical (unpaired) electrons. The first kappa shape index (κ1) is 15.0. The second-order valence-electron chi connectivity index (χ2n) is 4.52. The number of hydrogen-bond acceptors (Lipinski definition) is 7. The molecule has 0 spiro atoms. The summed E-state index contributed by atoms with van der Waals surface area (Å²) in [5.41, 5.74) is 2.08. The number of rotatable bonds is 7. The molecule has 2 aromatic heterocycles. The number of pyridine rings is 1. The standard InChI is InChI=1S/C14H20N6O/c1-4-7-16-12-18-13(20-14(19-12)21-3)17-9-11-10(2)6-5-8-15-11/h5-6,8H,4,7,9H2,1-3H3,(H2,16,17,18,19,20). The van der Waals surface area contributed by atoms with Gasteiger partial charge in [-0.1, -0.05) is 13.0 Å². The Morgan fingerprint density at radius 2 is 1.90 bits per heavy atom. The maximum absolute atomic E-state index is 5.09. The molecular weight excluding hydrogens is 268 g/mol. The lowest BCUT2D eigenvalue weighted by atomic mass is 10.2. The molecule has 0 aromatic carbocycles. The fourth-order valence-corrected chi connectivity index (χ4v) is 1.71. The van der Waals surface area contributed by atoms with Gasteiger partial charge >= 0.3 is 6.01 Å². The Balaban J connectivity index is 2.09. The van der Waals surface area contributed by atoms with E-state index in [1.807, 2.05) is 19.1 Å². The molecule has 2 aromatic rings. The predicted molar refractivity (Wildman–Crippen MR) is 81.5 cm³/mol. The quantitative estimate of drug-likeness (QED) is 0.806. The van der Waals surface area contributed by atoms with Crippen LogP contribution in [0.5, 0.6) is 6.01 Å². The maximum Gasteiger partial charge on any atom is 0.322 e. The van der Waals surface area contributed by atoms with Gasteiger partial charge in [-0.2, -0.15) is 15.0 Å². The van der Waals surface area contributed by atoms with Crippen molar-refractivity contribution in [1.82, 2.24) is 19.9 Å². The van der Waals surface area contributed by atoms with E-state index in [1.165, 1.54) is 7.11 Å². The molecule has 0 saturated heterocycles. The molecule has 0 amide bonds. The van der Waals surface area contributed by atoms with Crippen LogP contribution in [-0.2, 0) is 6.54 Å². The average Bonchev–Trinajstić information content (AvgIpc) is 2.52. The number of methoxy groups -OCH3 is 1. The van der Waals surface area contributed by atoms with Crippen LogP contribution in [-0.4, -0.2) is 33.6 Å². The Kier molecular flexibility index (Phi) is 5.25. The van der Waals surface area contributed by atoms with Crippen molar-refractivity contribution in [3.05, 3.63) is 29.6 Å². The molecule has 0 aliphatic rings. The summed E-state index contributed by atoms with van der Waals surface area (Å²) in [5.74, 6) is 0.967. The third kappa shape index (κ3) is 4.27. The summed E-state index contributed by atoms with van der Waals surface area (Å²) in [6, 6.07) is 4.22. The highest BCUT2D eigenvalue weighted by Gasteiger charge is 2.07. The highest BCUT2D eigenvalue weighted by atomic mass is 16.5. The van der Waals surface area contributed by atoms with Crippen LogP contribution < -0.4 is 15.4 Å². The third-order valence-corrected chi connectivity index (χ3v) is 2.86. The number of ether oxygens (including phenoxy) is 1. The third-order valence-electron chi connectivity index (χ3n) is 2.86. The summed E-state index contributed by atoms with van der Waals surface area (Å²) < 4.78 is 5.09. The lowest BCUT2D eigenvalue weighted by molar-refractivity contribution is 0.379. The van der Waals surface area contributed by atoms with Crippen LogP contribution in [0.2, 0.25) is 0 Å². The zero-order valence-electron chi connectivity index (χ0n) is 12.6. The fourth-order valence-electron chi connectivity index (χ4n) is 1.71. The van der Waals surface area contributed by atoms with Gasteiger partial charge in [0.1, 0.15) is 0 Å². The van der Waals surface area contributed by atoms with E-state index in [4.69, 9.17) is 4.74 Å². The number of hydrogen-bond donors (Lipinski definition) is 2. The molecule has 7 heteroatoms. The molecule has 0 aliphatic heterocycles. The minimum Gasteiger partial charge on any atom is -0.467 e. The van der Waals surface area contributed by atoms with Crippen LogP contribution in [0.1, 0.15) is 24.6 Å². The van der Waals surface area contributed by atoms with Crippen LogP contribution in [0.4, 0.5) is 11.9 Å². The maximum atomic E-state index is 5.09. The predicted octanol–water partition coefficient (Wildman–Crippen LogP) is 2.02. The molecule has 0 bridgehead atoms. The normalized spacial score (nSPS) is 10.2. The first-order chi connectivity index (χ1) is 10.2. The number of nitrogens with one attached hydrogen (secondary N) is 2. The van der Waals surface area contributed by atoms with Crippen molar-refractivity contribution in [2.75, 3.05) is 24.3 Å². The molecule has 0 atom stereocenters. The van der Waals surface area contributed by atoms with Crippen molar-refractivity contribution in [3.8, 4) is 6.01 Å². The van der Waals surface area contributed by atoms with E-state index in [0.29, 0.717) is 18.4 Å². The Bertz CT molecular complexity index is 589. The highest BCUT2D eigenvalue weighted by Crippen LogP contribution is 2.12. The van der Waals surface area contributed by atoms with Crippen molar-refractivity contribution in [2.24, 2.45) is 0 Å².